The maximum absolute atomic E-state index is 11.6. The van der Waals surface area contributed by atoms with Crippen molar-refractivity contribution in [3.63, 3.8) is 0 Å². The predicted molar refractivity (Wildman–Crippen MR) is 110 cm³/mol. The maximum Gasteiger partial charge on any atom is 0.186 e. The van der Waals surface area contributed by atoms with Crippen molar-refractivity contribution < 1.29 is 4.21 Å². The number of anilines is 1. The Kier molecular flexibility index (Phi) is 4.75. The molecule has 0 fully saturated rings. The summed E-state index contributed by atoms with van der Waals surface area (Å²) in [6, 6.07) is 13.9. The smallest absolute Gasteiger partial charge is 0.186 e. The van der Waals surface area contributed by atoms with E-state index in [-0.39, 0.29) is 6.04 Å². The summed E-state index contributed by atoms with van der Waals surface area (Å²) >= 11 is 1.62. The summed E-state index contributed by atoms with van der Waals surface area (Å²) in [5.74, 6) is 1.57. The molecule has 2 atom stereocenters. The molecule has 3 aromatic heterocycles. The number of benzene rings is 1. The van der Waals surface area contributed by atoms with Gasteiger partial charge in [-0.2, -0.15) is 15.9 Å². The fourth-order valence-electron chi connectivity index (χ4n) is 2.90. The van der Waals surface area contributed by atoms with Crippen molar-refractivity contribution in [2.24, 2.45) is 0 Å². The van der Waals surface area contributed by atoms with Gasteiger partial charge in [-0.25, -0.2) is 0 Å². The Morgan fingerprint density at radius 3 is 2.56 bits per heavy atom. The Bertz CT molecular complexity index is 1090. The van der Waals surface area contributed by atoms with Crippen LogP contribution in [-0.2, 0) is 10.8 Å². The molecular weight excluding hydrogens is 378 g/mol. The van der Waals surface area contributed by atoms with Crippen LogP contribution < -0.4 is 4.90 Å². The number of fused-ring (bicyclic) bond motifs is 1. The fourth-order valence-corrected chi connectivity index (χ4v) is 4.05. The first-order chi connectivity index (χ1) is 13.0. The normalized spacial score (nSPS) is 13.6. The van der Waals surface area contributed by atoms with Gasteiger partial charge in [0.15, 0.2) is 11.5 Å². The summed E-state index contributed by atoms with van der Waals surface area (Å²) in [7, 11) is 1.05. The van der Waals surface area contributed by atoms with Crippen molar-refractivity contribution in [1.82, 2.24) is 19.8 Å². The van der Waals surface area contributed by atoms with Crippen molar-refractivity contribution in [3.05, 3.63) is 58.8 Å². The van der Waals surface area contributed by atoms with Crippen LogP contribution in [0.5, 0.6) is 0 Å². The fraction of sp³-hybridized carbons (Fsp3) is 0.211. The molecule has 0 saturated heterocycles. The second kappa shape index (κ2) is 7.21. The molecule has 0 bridgehead atoms. The first-order valence-electron chi connectivity index (χ1n) is 8.46. The summed E-state index contributed by atoms with van der Waals surface area (Å²) in [4.78, 5) is 2.94. The van der Waals surface area contributed by atoms with Gasteiger partial charge in [0.2, 0.25) is 0 Å². The first kappa shape index (κ1) is 17.8. The third-order valence-electron chi connectivity index (χ3n) is 4.66. The van der Waals surface area contributed by atoms with Gasteiger partial charge in [-0.3, -0.25) is 4.21 Å². The highest BCUT2D eigenvalue weighted by atomic mass is 32.2. The zero-order valence-corrected chi connectivity index (χ0v) is 16.9. The lowest BCUT2D eigenvalue weighted by molar-refractivity contribution is 0.686. The van der Waals surface area contributed by atoms with E-state index in [4.69, 9.17) is 5.10 Å². The summed E-state index contributed by atoms with van der Waals surface area (Å²) < 4.78 is 13.4. The topological polar surface area (TPSA) is 63.4 Å². The third-order valence-corrected chi connectivity index (χ3v) is 6.28. The number of nitrogens with zero attached hydrogens (tertiary/aromatic N) is 5. The van der Waals surface area contributed by atoms with Gasteiger partial charge >= 0.3 is 0 Å². The summed E-state index contributed by atoms with van der Waals surface area (Å²) in [5.41, 5.74) is 2.86. The zero-order valence-electron chi connectivity index (χ0n) is 15.2. The van der Waals surface area contributed by atoms with E-state index in [1.165, 1.54) is 0 Å². The Balaban J connectivity index is 1.66. The minimum absolute atomic E-state index is 0.107. The Hall–Kier alpha value is -2.58. The average Bonchev–Trinajstić information content (AvgIpc) is 3.35. The van der Waals surface area contributed by atoms with Crippen LogP contribution in [0.15, 0.2) is 58.1 Å². The van der Waals surface area contributed by atoms with Crippen LogP contribution >= 0.6 is 11.3 Å². The molecule has 27 heavy (non-hydrogen) atoms. The number of aromatic nitrogens is 4. The van der Waals surface area contributed by atoms with Gasteiger partial charge in [-0.1, -0.05) is 12.1 Å². The van der Waals surface area contributed by atoms with Crippen molar-refractivity contribution in [2.75, 3.05) is 18.2 Å². The minimum atomic E-state index is -0.968. The molecule has 2 unspecified atom stereocenters. The molecule has 4 rings (SSSR count). The van der Waals surface area contributed by atoms with Crippen LogP contribution in [-0.4, -0.2) is 37.3 Å². The molecule has 0 amide bonds. The molecule has 0 radical (unpaired) electrons. The Labute approximate surface area is 163 Å². The largest absolute Gasteiger partial charge is 0.351 e. The molecule has 8 heteroatoms. The average molecular weight is 398 g/mol. The number of rotatable bonds is 5. The van der Waals surface area contributed by atoms with E-state index in [2.05, 4.69) is 22.0 Å². The summed E-state index contributed by atoms with van der Waals surface area (Å²) in [6.07, 6.45) is 1.69. The summed E-state index contributed by atoms with van der Waals surface area (Å²) in [6.45, 7) is 2.12. The van der Waals surface area contributed by atoms with Crippen LogP contribution in [0.4, 0.5) is 5.82 Å². The van der Waals surface area contributed by atoms with Crippen molar-refractivity contribution in [2.45, 2.75) is 17.9 Å². The Morgan fingerprint density at radius 1 is 1.11 bits per heavy atom. The van der Waals surface area contributed by atoms with E-state index in [0.29, 0.717) is 0 Å². The van der Waals surface area contributed by atoms with E-state index in [9.17, 15) is 4.21 Å². The monoisotopic (exact) mass is 397 g/mol. The van der Waals surface area contributed by atoms with Gasteiger partial charge in [0.05, 0.1) is 6.04 Å². The van der Waals surface area contributed by atoms with Crippen LogP contribution in [0.1, 0.15) is 18.5 Å². The highest BCUT2D eigenvalue weighted by Gasteiger charge is 2.16. The van der Waals surface area contributed by atoms with E-state index in [1.807, 2.05) is 60.3 Å². The molecule has 6 nitrogen and oxygen atoms in total. The number of thiophene rings is 1. The van der Waals surface area contributed by atoms with E-state index < -0.39 is 10.8 Å². The molecule has 0 aliphatic heterocycles. The van der Waals surface area contributed by atoms with Gasteiger partial charge in [0, 0.05) is 39.9 Å². The molecule has 1 aromatic carbocycles. The number of hydrogen-bond donors (Lipinski definition) is 0. The quantitative estimate of drug-likeness (QED) is 0.513. The minimum Gasteiger partial charge on any atom is -0.351 e. The van der Waals surface area contributed by atoms with E-state index in [0.717, 1.165) is 33.3 Å². The lowest BCUT2D eigenvalue weighted by atomic mass is 10.1. The van der Waals surface area contributed by atoms with Crippen molar-refractivity contribution in [3.8, 4) is 11.4 Å². The van der Waals surface area contributed by atoms with Gasteiger partial charge in [0.1, 0.15) is 5.82 Å². The molecule has 3 heterocycles. The predicted octanol–water partition coefficient (Wildman–Crippen LogP) is 3.79. The lowest BCUT2D eigenvalue weighted by Gasteiger charge is -2.26. The van der Waals surface area contributed by atoms with Crippen LogP contribution in [0, 0.1) is 0 Å². The van der Waals surface area contributed by atoms with Gasteiger partial charge in [0.25, 0.3) is 0 Å². The molecule has 0 spiro atoms. The highest BCUT2D eigenvalue weighted by Crippen LogP contribution is 2.26. The molecule has 0 N–H and O–H groups in total. The molecular formula is C19H19N5OS2. The zero-order chi connectivity index (χ0) is 19.0. The number of hydrogen-bond acceptors (Lipinski definition) is 6. The third kappa shape index (κ3) is 3.38. The second-order valence-electron chi connectivity index (χ2n) is 6.31. The molecule has 138 valence electrons. The summed E-state index contributed by atoms with van der Waals surface area (Å²) in [5, 5.41) is 17.3. The molecule has 0 aliphatic rings. The second-order valence-corrected chi connectivity index (χ2v) is 8.47. The Morgan fingerprint density at radius 2 is 1.89 bits per heavy atom. The van der Waals surface area contributed by atoms with Gasteiger partial charge < -0.3 is 4.90 Å². The van der Waals surface area contributed by atoms with E-state index in [1.54, 1.807) is 22.1 Å². The van der Waals surface area contributed by atoms with Crippen LogP contribution in [0.25, 0.3) is 17.0 Å². The van der Waals surface area contributed by atoms with Crippen molar-refractivity contribution >= 4 is 33.6 Å². The van der Waals surface area contributed by atoms with Crippen LogP contribution in [0.2, 0.25) is 0 Å². The van der Waals surface area contributed by atoms with Crippen LogP contribution in [0.3, 0.4) is 0 Å². The maximum atomic E-state index is 11.6. The molecule has 4 aromatic rings. The van der Waals surface area contributed by atoms with E-state index >= 15 is 0 Å². The van der Waals surface area contributed by atoms with Gasteiger partial charge in [-0.05, 0) is 48.2 Å². The highest BCUT2D eigenvalue weighted by molar-refractivity contribution is 7.84. The molecule has 0 aliphatic carbocycles. The molecule has 0 saturated carbocycles. The lowest BCUT2D eigenvalue weighted by Crippen LogP contribution is -2.23. The van der Waals surface area contributed by atoms with Gasteiger partial charge in [-0.15, -0.1) is 15.3 Å². The standard InChI is InChI=1S/C19H19N5OS2/c1-13(14-4-6-16(7-5-14)27(3)25)23(2)18-9-8-17-20-21-19(24(17)22-18)15-10-11-26-12-15/h4-13H,1-3H3. The SMILES string of the molecule is CC(c1ccc(S(C)=O)cc1)N(C)c1ccc2nnc(-c3ccsc3)n2n1. The first-order valence-corrected chi connectivity index (χ1v) is 11.0. The van der Waals surface area contributed by atoms with Crippen molar-refractivity contribution in [1.29, 1.82) is 0 Å².